The van der Waals surface area contributed by atoms with Crippen molar-refractivity contribution in [3.05, 3.63) is 21.9 Å². The third-order valence-corrected chi connectivity index (χ3v) is 7.08. The van der Waals surface area contributed by atoms with Crippen LogP contribution in [0.4, 0.5) is 0 Å². The average Bonchev–Trinajstić information content (AvgIpc) is 3.23. The molecular weight excluding hydrogens is 348 g/mol. The Bertz CT molecular complexity index is 687. The van der Waals surface area contributed by atoms with E-state index in [9.17, 15) is 13.2 Å². The topological polar surface area (TPSA) is 75.7 Å². The standard InChI is InChI=1S/C16H24N2O4S2/c1-11-9-18(10-12(2)22-11)24(20,21)8-6-17-16(19)15-14(5-7-23-15)13-3-4-13/h5,7,11-13H,3-4,6,8-10H2,1-2H3,(H,17,19)/t11-,12-/m1/s1. The number of morpholine rings is 1. The largest absolute Gasteiger partial charge is 0.373 e. The highest BCUT2D eigenvalue weighted by atomic mass is 32.2. The number of carbonyl (C=O) groups is 1. The van der Waals surface area contributed by atoms with Crippen molar-refractivity contribution in [2.24, 2.45) is 0 Å². The van der Waals surface area contributed by atoms with Crippen molar-refractivity contribution in [3.63, 3.8) is 0 Å². The average molecular weight is 373 g/mol. The number of sulfonamides is 1. The summed E-state index contributed by atoms with van der Waals surface area (Å²) in [4.78, 5) is 13.0. The van der Waals surface area contributed by atoms with Gasteiger partial charge in [0.1, 0.15) is 0 Å². The molecule has 1 N–H and O–H groups in total. The first kappa shape index (κ1) is 17.8. The van der Waals surface area contributed by atoms with Crippen LogP contribution in [0.1, 0.15) is 47.8 Å². The second-order valence-corrected chi connectivity index (χ2v) is 9.63. The Morgan fingerprint density at radius 1 is 1.33 bits per heavy atom. The fourth-order valence-electron chi connectivity index (χ4n) is 3.08. The van der Waals surface area contributed by atoms with Gasteiger partial charge in [0, 0.05) is 19.6 Å². The molecule has 1 amide bonds. The molecular formula is C16H24N2O4S2. The highest BCUT2D eigenvalue weighted by Crippen LogP contribution is 2.43. The van der Waals surface area contributed by atoms with E-state index in [0.29, 0.717) is 19.0 Å². The second kappa shape index (κ2) is 7.11. The Balaban J connectivity index is 1.53. The Hall–Kier alpha value is -0.960. The molecule has 6 nitrogen and oxygen atoms in total. The first-order valence-electron chi connectivity index (χ1n) is 8.35. The van der Waals surface area contributed by atoms with Crippen molar-refractivity contribution < 1.29 is 17.9 Å². The summed E-state index contributed by atoms with van der Waals surface area (Å²) in [6, 6.07) is 2.00. The van der Waals surface area contributed by atoms with Crippen molar-refractivity contribution in [1.29, 1.82) is 0 Å². The van der Waals surface area contributed by atoms with Gasteiger partial charge in [-0.15, -0.1) is 11.3 Å². The van der Waals surface area contributed by atoms with Crippen LogP contribution in [-0.4, -0.2) is 56.2 Å². The van der Waals surface area contributed by atoms with Gasteiger partial charge in [0.25, 0.3) is 5.91 Å². The molecule has 0 spiro atoms. The van der Waals surface area contributed by atoms with Crippen LogP contribution in [0.25, 0.3) is 0 Å². The van der Waals surface area contributed by atoms with Crippen LogP contribution in [0.3, 0.4) is 0 Å². The molecule has 1 aliphatic carbocycles. The maximum absolute atomic E-state index is 12.5. The van der Waals surface area contributed by atoms with Crippen molar-refractivity contribution in [1.82, 2.24) is 9.62 Å². The summed E-state index contributed by atoms with van der Waals surface area (Å²) in [5, 5.41) is 4.69. The predicted octanol–water partition coefficient (Wildman–Crippen LogP) is 1.79. The lowest BCUT2D eigenvalue weighted by atomic mass is 10.1. The van der Waals surface area contributed by atoms with Crippen LogP contribution < -0.4 is 5.32 Å². The van der Waals surface area contributed by atoms with Gasteiger partial charge in [-0.25, -0.2) is 8.42 Å². The highest BCUT2D eigenvalue weighted by molar-refractivity contribution is 7.89. The zero-order valence-corrected chi connectivity index (χ0v) is 15.7. The van der Waals surface area contributed by atoms with E-state index in [0.717, 1.165) is 23.3 Å². The van der Waals surface area contributed by atoms with E-state index in [1.807, 2.05) is 25.3 Å². The lowest BCUT2D eigenvalue weighted by molar-refractivity contribution is -0.0440. The molecule has 8 heteroatoms. The van der Waals surface area contributed by atoms with E-state index in [4.69, 9.17) is 4.74 Å². The molecule has 2 fully saturated rings. The van der Waals surface area contributed by atoms with Gasteiger partial charge in [-0.3, -0.25) is 4.79 Å². The number of amides is 1. The van der Waals surface area contributed by atoms with Crippen LogP contribution in [-0.2, 0) is 14.8 Å². The quantitative estimate of drug-likeness (QED) is 0.826. The molecule has 2 atom stereocenters. The molecule has 134 valence electrons. The maximum Gasteiger partial charge on any atom is 0.261 e. The van der Waals surface area contributed by atoms with Crippen LogP contribution in [0.2, 0.25) is 0 Å². The second-order valence-electron chi connectivity index (χ2n) is 6.63. The molecule has 1 aromatic heterocycles. The van der Waals surface area contributed by atoms with Gasteiger partial charge < -0.3 is 10.1 Å². The van der Waals surface area contributed by atoms with Gasteiger partial charge in [0.05, 0.1) is 22.8 Å². The summed E-state index contributed by atoms with van der Waals surface area (Å²) in [5.41, 5.74) is 1.11. The van der Waals surface area contributed by atoms with Gasteiger partial charge in [-0.05, 0) is 49.6 Å². The lowest BCUT2D eigenvalue weighted by Crippen LogP contribution is -2.49. The third-order valence-electron chi connectivity index (χ3n) is 4.34. The number of hydrogen-bond acceptors (Lipinski definition) is 5. The number of ether oxygens (including phenoxy) is 1. The maximum atomic E-state index is 12.5. The fourth-order valence-corrected chi connectivity index (χ4v) is 5.47. The zero-order valence-electron chi connectivity index (χ0n) is 14.0. The molecule has 0 unspecified atom stereocenters. The number of carbonyl (C=O) groups excluding carboxylic acids is 1. The molecule has 1 saturated heterocycles. The Morgan fingerprint density at radius 3 is 2.62 bits per heavy atom. The van der Waals surface area contributed by atoms with E-state index in [1.54, 1.807) is 0 Å². The molecule has 24 heavy (non-hydrogen) atoms. The number of thiophene rings is 1. The zero-order chi connectivity index (χ0) is 17.3. The fraction of sp³-hybridized carbons (Fsp3) is 0.688. The number of hydrogen-bond donors (Lipinski definition) is 1. The van der Waals surface area contributed by atoms with Crippen molar-refractivity contribution in [2.75, 3.05) is 25.4 Å². The number of nitrogens with one attached hydrogen (secondary N) is 1. The van der Waals surface area contributed by atoms with Crippen molar-refractivity contribution >= 4 is 27.3 Å². The minimum absolute atomic E-state index is 0.0810. The summed E-state index contributed by atoms with van der Waals surface area (Å²) < 4.78 is 31.9. The lowest BCUT2D eigenvalue weighted by Gasteiger charge is -2.34. The predicted molar refractivity (Wildman–Crippen MR) is 94.0 cm³/mol. The summed E-state index contributed by atoms with van der Waals surface area (Å²) in [6.45, 7) is 4.62. The normalized spacial score (nSPS) is 25.6. The van der Waals surface area contributed by atoms with Gasteiger partial charge >= 0.3 is 0 Å². The third kappa shape index (κ3) is 4.17. The van der Waals surface area contributed by atoms with Gasteiger partial charge in [0.2, 0.25) is 10.0 Å². The molecule has 1 saturated carbocycles. The van der Waals surface area contributed by atoms with Crippen LogP contribution in [0.15, 0.2) is 11.4 Å². The summed E-state index contributed by atoms with van der Waals surface area (Å²) in [7, 11) is -3.39. The van der Waals surface area contributed by atoms with Crippen LogP contribution in [0, 0.1) is 0 Å². The summed E-state index contributed by atoms with van der Waals surface area (Å²) in [5.74, 6) is 0.269. The van der Waals surface area contributed by atoms with Crippen LogP contribution >= 0.6 is 11.3 Å². The molecule has 2 aliphatic rings. The first-order valence-corrected chi connectivity index (χ1v) is 10.8. The van der Waals surface area contributed by atoms with Crippen LogP contribution in [0.5, 0.6) is 0 Å². The van der Waals surface area contributed by atoms with Gasteiger partial charge in [-0.2, -0.15) is 4.31 Å². The molecule has 1 aromatic rings. The van der Waals surface area contributed by atoms with Crippen molar-refractivity contribution in [3.8, 4) is 0 Å². The Labute approximate surface area is 147 Å². The summed E-state index contributed by atoms with van der Waals surface area (Å²) in [6.07, 6.45) is 2.06. The van der Waals surface area contributed by atoms with E-state index < -0.39 is 10.0 Å². The monoisotopic (exact) mass is 372 g/mol. The SMILES string of the molecule is C[C@@H]1CN(S(=O)(=O)CCNC(=O)c2sccc2C2CC2)C[C@@H](C)O1. The Morgan fingerprint density at radius 2 is 2.00 bits per heavy atom. The molecule has 3 rings (SSSR count). The van der Waals surface area contributed by atoms with E-state index in [1.165, 1.54) is 15.6 Å². The smallest absolute Gasteiger partial charge is 0.261 e. The van der Waals surface area contributed by atoms with E-state index in [-0.39, 0.29) is 30.4 Å². The van der Waals surface area contributed by atoms with E-state index in [2.05, 4.69) is 5.32 Å². The van der Waals surface area contributed by atoms with E-state index >= 15 is 0 Å². The number of rotatable bonds is 6. The minimum atomic E-state index is -3.39. The molecule has 0 bridgehead atoms. The molecule has 2 heterocycles. The summed E-state index contributed by atoms with van der Waals surface area (Å²) >= 11 is 1.42. The van der Waals surface area contributed by atoms with Gasteiger partial charge in [0.15, 0.2) is 0 Å². The Kier molecular flexibility index (Phi) is 5.29. The first-order chi connectivity index (χ1) is 11.4. The van der Waals surface area contributed by atoms with Gasteiger partial charge in [-0.1, -0.05) is 0 Å². The minimum Gasteiger partial charge on any atom is -0.373 e. The molecule has 0 aromatic carbocycles. The van der Waals surface area contributed by atoms with Crippen molar-refractivity contribution in [2.45, 2.75) is 44.8 Å². The molecule has 0 radical (unpaired) electrons. The molecule has 1 aliphatic heterocycles. The number of nitrogens with zero attached hydrogens (tertiary/aromatic N) is 1. The highest BCUT2D eigenvalue weighted by Gasteiger charge is 2.31.